The number of hydrogen-bond donors (Lipinski definition) is 1. The first-order valence-corrected chi connectivity index (χ1v) is 7.63. The molecular formula is C14H26ClN3O2. The molecule has 1 heterocycles. The van der Waals surface area contributed by atoms with Crippen molar-refractivity contribution in [3.8, 4) is 0 Å². The van der Waals surface area contributed by atoms with Crippen LogP contribution in [-0.2, 0) is 4.74 Å². The first-order chi connectivity index (χ1) is 9.42. The highest BCUT2D eigenvalue weighted by Crippen LogP contribution is 2.19. The van der Waals surface area contributed by atoms with E-state index in [1.807, 2.05) is 20.8 Å². The normalized spacial score (nSPS) is 17.7. The monoisotopic (exact) mass is 303 g/mol. The highest BCUT2D eigenvalue weighted by molar-refractivity contribution is 6.56. The summed E-state index contributed by atoms with van der Waals surface area (Å²) in [7, 11) is 0. The third-order valence-electron chi connectivity index (χ3n) is 3.19. The number of piperidine rings is 1. The van der Waals surface area contributed by atoms with Crippen molar-refractivity contribution in [2.45, 2.75) is 39.2 Å². The van der Waals surface area contributed by atoms with Crippen LogP contribution >= 0.6 is 11.6 Å². The Kier molecular flexibility index (Phi) is 7.30. The topological polar surface area (TPSA) is 53.9 Å². The Balaban J connectivity index is 2.18. The number of carbonyl (C=O) groups excluding carboxylic acids is 1. The molecule has 0 radical (unpaired) electrons. The second-order valence-corrected chi connectivity index (χ2v) is 6.31. The largest absolute Gasteiger partial charge is 0.444 e. The van der Waals surface area contributed by atoms with E-state index in [-0.39, 0.29) is 6.09 Å². The van der Waals surface area contributed by atoms with Gasteiger partial charge in [-0.15, -0.1) is 0 Å². The van der Waals surface area contributed by atoms with Crippen LogP contribution in [0.3, 0.4) is 0 Å². The van der Waals surface area contributed by atoms with Crippen molar-refractivity contribution in [1.82, 2.24) is 10.2 Å². The van der Waals surface area contributed by atoms with E-state index < -0.39 is 5.60 Å². The van der Waals surface area contributed by atoms with E-state index in [4.69, 9.17) is 16.3 Å². The molecule has 1 aliphatic rings. The van der Waals surface area contributed by atoms with E-state index in [1.54, 1.807) is 4.90 Å². The molecule has 0 bridgehead atoms. The van der Waals surface area contributed by atoms with Gasteiger partial charge in [0, 0.05) is 19.6 Å². The van der Waals surface area contributed by atoms with E-state index in [0.717, 1.165) is 39.0 Å². The molecule has 0 aliphatic carbocycles. The summed E-state index contributed by atoms with van der Waals surface area (Å²) >= 11 is 5.35. The smallest absolute Gasteiger partial charge is 0.410 e. The van der Waals surface area contributed by atoms with Gasteiger partial charge in [-0.3, -0.25) is 4.99 Å². The van der Waals surface area contributed by atoms with E-state index in [1.165, 1.54) is 5.67 Å². The van der Waals surface area contributed by atoms with Crippen LogP contribution in [0.1, 0.15) is 33.6 Å². The molecule has 0 aromatic heterocycles. The quantitative estimate of drug-likeness (QED) is 0.627. The number of amides is 1. The van der Waals surface area contributed by atoms with Gasteiger partial charge in [0.1, 0.15) is 5.60 Å². The van der Waals surface area contributed by atoms with E-state index in [0.29, 0.717) is 12.5 Å². The second-order valence-electron chi connectivity index (χ2n) is 6.12. The summed E-state index contributed by atoms with van der Waals surface area (Å²) in [5.41, 5.74) is 0.888. The molecule has 20 heavy (non-hydrogen) atoms. The lowest BCUT2D eigenvalue weighted by Crippen LogP contribution is -2.43. The minimum atomic E-state index is -0.418. The Morgan fingerprint density at radius 2 is 2.10 bits per heavy atom. The lowest BCUT2D eigenvalue weighted by Gasteiger charge is -2.33. The van der Waals surface area contributed by atoms with Crippen molar-refractivity contribution in [3.63, 3.8) is 0 Å². The molecule has 1 aliphatic heterocycles. The van der Waals surface area contributed by atoms with Crippen LogP contribution in [0.5, 0.6) is 0 Å². The van der Waals surface area contributed by atoms with Gasteiger partial charge in [0.05, 0.1) is 12.2 Å². The highest BCUT2D eigenvalue weighted by Gasteiger charge is 2.26. The molecule has 1 saturated heterocycles. The molecule has 0 unspecified atom stereocenters. The summed E-state index contributed by atoms with van der Waals surface area (Å²) in [5, 5.41) is 3.37. The Morgan fingerprint density at radius 3 is 2.65 bits per heavy atom. The van der Waals surface area contributed by atoms with Crippen molar-refractivity contribution in [2.24, 2.45) is 10.9 Å². The van der Waals surface area contributed by atoms with Crippen LogP contribution < -0.4 is 5.32 Å². The number of nitrogens with zero attached hydrogens (tertiary/aromatic N) is 2. The fourth-order valence-electron chi connectivity index (χ4n) is 2.14. The Hall–Kier alpha value is -0.810. The molecule has 1 rings (SSSR count). The summed E-state index contributed by atoms with van der Waals surface area (Å²) in [5.74, 6) is 0.619. The zero-order valence-corrected chi connectivity index (χ0v) is 13.4. The average molecular weight is 304 g/mol. The van der Waals surface area contributed by atoms with Crippen LogP contribution in [0.2, 0.25) is 0 Å². The van der Waals surface area contributed by atoms with Gasteiger partial charge in [0.2, 0.25) is 0 Å². The average Bonchev–Trinajstić information content (AvgIpc) is 2.37. The molecule has 0 aromatic rings. The number of nitrogens with one attached hydrogen (secondary N) is 1. The van der Waals surface area contributed by atoms with E-state index in [2.05, 4.69) is 10.3 Å². The van der Waals surface area contributed by atoms with Crippen LogP contribution in [0.25, 0.3) is 0 Å². The minimum absolute atomic E-state index is 0.194. The second kappa shape index (κ2) is 8.47. The third kappa shape index (κ3) is 7.10. The summed E-state index contributed by atoms with van der Waals surface area (Å²) in [4.78, 5) is 17.6. The van der Waals surface area contributed by atoms with Gasteiger partial charge >= 0.3 is 6.09 Å². The molecule has 1 fully saturated rings. The maximum Gasteiger partial charge on any atom is 0.410 e. The summed E-state index contributed by atoms with van der Waals surface area (Å²) < 4.78 is 5.38. The number of likely N-dealkylation sites (tertiary alicyclic amines) is 1. The summed E-state index contributed by atoms with van der Waals surface area (Å²) in [6, 6.07) is 0. The lowest BCUT2D eigenvalue weighted by molar-refractivity contribution is 0.0184. The minimum Gasteiger partial charge on any atom is -0.444 e. The first kappa shape index (κ1) is 17.2. The van der Waals surface area contributed by atoms with Crippen molar-refractivity contribution >= 4 is 23.4 Å². The van der Waals surface area contributed by atoms with Gasteiger partial charge in [0.15, 0.2) is 0 Å². The van der Waals surface area contributed by atoms with E-state index >= 15 is 0 Å². The zero-order chi connectivity index (χ0) is 15.0. The molecule has 0 spiro atoms. The van der Waals surface area contributed by atoms with Crippen molar-refractivity contribution in [3.05, 3.63) is 0 Å². The molecule has 1 N–H and O–H groups in total. The van der Waals surface area contributed by atoms with Crippen LogP contribution in [0, 0.1) is 5.92 Å². The van der Waals surface area contributed by atoms with Gasteiger partial charge in [-0.1, -0.05) is 11.6 Å². The fourth-order valence-corrected chi connectivity index (χ4v) is 2.24. The number of aliphatic imine (C=N–C) groups is 1. The molecule has 0 atom stereocenters. The molecule has 0 aromatic carbocycles. The summed E-state index contributed by atoms with van der Waals surface area (Å²) in [6.07, 6.45) is 1.84. The summed E-state index contributed by atoms with van der Waals surface area (Å²) in [6.45, 7) is 9.76. The van der Waals surface area contributed by atoms with Gasteiger partial charge in [-0.2, -0.15) is 0 Å². The maximum absolute atomic E-state index is 11.9. The van der Waals surface area contributed by atoms with Crippen LogP contribution in [-0.4, -0.2) is 55.0 Å². The van der Waals surface area contributed by atoms with Gasteiger partial charge in [-0.25, -0.2) is 4.79 Å². The zero-order valence-electron chi connectivity index (χ0n) is 12.7. The van der Waals surface area contributed by atoms with Crippen LogP contribution in [0.4, 0.5) is 4.79 Å². The molecular weight excluding hydrogens is 278 g/mol. The predicted molar refractivity (Wildman–Crippen MR) is 82.6 cm³/mol. The number of rotatable bonds is 5. The number of carbonyl (C=O) groups is 1. The number of ether oxygens (including phenoxy) is 1. The molecule has 116 valence electrons. The first-order valence-electron chi connectivity index (χ1n) is 7.19. The number of hydrogen-bond acceptors (Lipinski definition) is 4. The number of halogens is 1. The van der Waals surface area contributed by atoms with Gasteiger partial charge < -0.3 is 15.0 Å². The van der Waals surface area contributed by atoms with Crippen molar-refractivity contribution < 1.29 is 9.53 Å². The van der Waals surface area contributed by atoms with E-state index in [9.17, 15) is 4.79 Å². The molecule has 5 nitrogen and oxygen atoms in total. The van der Waals surface area contributed by atoms with Gasteiger partial charge in [-0.05, 0) is 46.1 Å². The highest BCUT2D eigenvalue weighted by atomic mass is 35.5. The van der Waals surface area contributed by atoms with Crippen molar-refractivity contribution in [2.75, 3.05) is 32.7 Å². The Bertz CT molecular complexity index is 321. The van der Waals surface area contributed by atoms with Crippen LogP contribution in [0.15, 0.2) is 4.99 Å². The fraction of sp³-hybridized carbons (Fsp3) is 0.857. The SMILES string of the molecule is CC(C)(C)OC(=O)N1CCC(CNCCN=CCl)CC1. The Labute approximate surface area is 126 Å². The third-order valence-corrected chi connectivity index (χ3v) is 3.32. The molecule has 0 saturated carbocycles. The van der Waals surface area contributed by atoms with Gasteiger partial charge in [0.25, 0.3) is 0 Å². The standard InChI is InChI=1S/C14H26ClN3O2/c1-14(2,3)20-13(19)18-8-4-12(5-9-18)10-16-6-7-17-11-15/h11-12,16H,4-10H2,1-3H3. The Morgan fingerprint density at radius 1 is 1.45 bits per heavy atom. The maximum atomic E-state index is 11.9. The molecule has 6 heteroatoms. The van der Waals surface area contributed by atoms with Crippen molar-refractivity contribution in [1.29, 1.82) is 0 Å². The predicted octanol–water partition coefficient (Wildman–Crippen LogP) is 2.49. The lowest BCUT2D eigenvalue weighted by atomic mass is 9.97. The molecule has 1 amide bonds.